The zero-order valence-corrected chi connectivity index (χ0v) is 11.2. The first-order chi connectivity index (χ1) is 9.34. The number of rotatable bonds is 3. The van der Waals surface area contributed by atoms with Gasteiger partial charge in [0.25, 0.3) is 0 Å². The van der Waals surface area contributed by atoms with Crippen LogP contribution in [0, 0.1) is 0 Å². The lowest BCUT2D eigenvalue weighted by Gasteiger charge is -2.19. The van der Waals surface area contributed by atoms with Crippen LogP contribution in [-0.4, -0.2) is 0 Å². The van der Waals surface area contributed by atoms with Crippen molar-refractivity contribution in [3.8, 4) is 0 Å². The number of hydrogen-bond acceptors (Lipinski definition) is 0. The highest BCUT2D eigenvalue weighted by Gasteiger charge is 2.20. The molecule has 0 fully saturated rings. The largest absolute Gasteiger partial charge is 0.0775 e. The molecule has 0 aromatic heterocycles. The van der Waals surface area contributed by atoms with Gasteiger partial charge in [0.2, 0.25) is 0 Å². The monoisotopic (exact) mass is 246 g/mol. The van der Waals surface area contributed by atoms with Gasteiger partial charge in [0.1, 0.15) is 0 Å². The van der Waals surface area contributed by atoms with Crippen molar-refractivity contribution in [1.29, 1.82) is 0 Å². The van der Waals surface area contributed by atoms with Gasteiger partial charge in [-0.1, -0.05) is 84.0 Å². The molecule has 1 aliphatic rings. The van der Waals surface area contributed by atoms with E-state index in [1.807, 2.05) is 0 Å². The first kappa shape index (κ1) is 12.0. The van der Waals surface area contributed by atoms with E-state index in [0.717, 1.165) is 6.42 Å². The van der Waals surface area contributed by atoms with Gasteiger partial charge in [-0.3, -0.25) is 0 Å². The molecule has 0 nitrogen and oxygen atoms in total. The van der Waals surface area contributed by atoms with E-state index in [-0.39, 0.29) is 0 Å². The maximum absolute atomic E-state index is 2.34. The molecule has 0 atom stereocenters. The Kier molecular flexibility index (Phi) is 3.33. The maximum Gasteiger partial charge on any atom is 0.0305 e. The van der Waals surface area contributed by atoms with E-state index >= 15 is 0 Å². The van der Waals surface area contributed by atoms with Crippen LogP contribution in [0.25, 0.3) is 0 Å². The predicted octanol–water partition coefficient (Wildman–Crippen LogP) is 5.09. The van der Waals surface area contributed by atoms with Gasteiger partial charge in [0.15, 0.2) is 0 Å². The molecule has 2 aromatic carbocycles. The molecule has 0 bridgehead atoms. The van der Waals surface area contributed by atoms with E-state index in [9.17, 15) is 0 Å². The second-order valence-corrected chi connectivity index (χ2v) is 5.13. The maximum atomic E-state index is 2.34. The third kappa shape index (κ3) is 2.53. The van der Waals surface area contributed by atoms with Crippen molar-refractivity contribution in [3.05, 3.63) is 95.1 Å². The summed E-state index contributed by atoms with van der Waals surface area (Å²) in [4.78, 5) is 0. The highest BCUT2D eigenvalue weighted by atomic mass is 14.2. The summed E-state index contributed by atoms with van der Waals surface area (Å²) in [7, 11) is 0. The second kappa shape index (κ2) is 5.27. The molecular formula is C19H18. The van der Waals surface area contributed by atoms with E-state index < -0.39 is 0 Å². The summed E-state index contributed by atoms with van der Waals surface area (Å²) < 4.78 is 0. The van der Waals surface area contributed by atoms with E-state index in [1.165, 1.54) is 22.3 Å². The molecule has 0 heterocycles. The molecule has 0 N–H and O–H groups in total. The minimum Gasteiger partial charge on any atom is -0.0775 e. The fraction of sp³-hybridized carbons (Fsp3) is 0.158. The topological polar surface area (TPSA) is 0 Å². The molecule has 2 aromatic rings. The van der Waals surface area contributed by atoms with Crippen molar-refractivity contribution < 1.29 is 0 Å². The van der Waals surface area contributed by atoms with Gasteiger partial charge in [-0.05, 0) is 24.5 Å². The molecule has 0 saturated carbocycles. The average Bonchev–Trinajstić information content (AvgIpc) is 2.88. The third-order valence-electron chi connectivity index (χ3n) is 3.71. The smallest absolute Gasteiger partial charge is 0.0305 e. The van der Waals surface area contributed by atoms with E-state index in [1.54, 1.807) is 0 Å². The van der Waals surface area contributed by atoms with Crippen LogP contribution in [0.4, 0.5) is 0 Å². The molecule has 0 amide bonds. The molecule has 19 heavy (non-hydrogen) atoms. The zero-order chi connectivity index (χ0) is 13.1. The van der Waals surface area contributed by atoms with Gasteiger partial charge in [0.05, 0.1) is 0 Å². The molecule has 3 rings (SSSR count). The fourth-order valence-corrected chi connectivity index (χ4v) is 2.80. The van der Waals surface area contributed by atoms with Crippen LogP contribution in [-0.2, 0) is 0 Å². The van der Waals surface area contributed by atoms with Crippen molar-refractivity contribution >= 4 is 0 Å². The molecular weight excluding hydrogens is 228 g/mol. The summed E-state index contributed by atoms with van der Waals surface area (Å²) >= 11 is 0. The van der Waals surface area contributed by atoms with E-state index in [4.69, 9.17) is 0 Å². The van der Waals surface area contributed by atoms with Crippen LogP contribution in [0.3, 0.4) is 0 Å². The second-order valence-electron chi connectivity index (χ2n) is 5.13. The Balaban J connectivity index is 2.05. The number of allylic oxidation sites excluding steroid dienone is 4. The van der Waals surface area contributed by atoms with Crippen molar-refractivity contribution in [2.45, 2.75) is 19.3 Å². The molecule has 0 radical (unpaired) electrons. The number of hydrogen-bond donors (Lipinski definition) is 0. The summed E-state index contributed by atoms with van der Waals surface area (Å²) in [5, 5.41) is 0. The van der Waals surface area contributed by atoms with Crippen LogP contribution in [0.15, 0.2) is 84.0 Å². The van der Waals surface area contributed by atoms with Gasteiger partial charge in [-0.25, -0.2) is 0 Å². The first-order valence-corrected chi connectivity index (χ1v) is 6.82. The minimum absolute atomic E-state index is 0.385. The highest BCUT2D eigenvalue weighted by Crippen LogP contribution is 2.36. The summed E-state index contributed by atoms with van der Waals surface area (Å²) in [5.74, 6) is 0.385. The lowest BCUT2D eigenvalue weighted by Crippen LogP contribution is -2.03. The Hall–Kier alpha value is -2.08. The summed E-state index contributed by atoms with van der Waals surface area (Å²) in [6, 6.07) is 21.6. The van der Waals surface area contributed by atoms with Crippen LogP contribution >= 0.6 is 0 Å². The summed E-state index contributed by atoms with van der Waals surface area (Å²) in [6.45, 7) is 2.18. The Bertz CT molecular complexity index is 564. The molecule has 0 spiro atoms. The van der Waals surface area contributed by atoms with Crippen molar-refractivity contribution in [2.75, 3.05) is 0 Å². The van der Waals surface area contributed by atoms with E-state index in [0.29, 0.717) is 5.92 Å². The Morgan fingerprint density at radius 3 is 1.74 bits per heavy atom. The van der Waals surface area contributed by atoms with Crippen molar-refractivity contribution in [3.63, 3.8) is 0 Å². The van der Waals surface area contributed by atoms with Crippen LogP contribution < -0.4 is 0 Å². The standard InChI is InChI=1S/C19H18/c1-15-12-13-18(14-15)19(16-8-4-2-5-9-16)17-10-6-3-7-11-17/h2-12,14,19H,13H2,1H3. The van der Waals surface area contributed by atoms with Crippen LogP contribution in [0.1, 0.15) is 30.4 Å². The lowest BCUT2D eigenvalue weighted by molar-refractivity contribution is 0.919. The highest BCUT2D eigenvalue weighted by molar-refractivity contribution is 5.46. The summed E-state index contributed by atoms with van der Waals surface area (Å²) in [6.07, 6.45) is 5.72. The zero-order valence-electron chi connectivity index (χ0n) is 11.2. The van der Waals surface area contributed by atoms with Gasteiger partial charge in [-0.2, -0.15) is 0 Å². The van der Waals surface area contributed by atoms with Gasteiger partial charge < -0.3 is 0 Å². The molecule has 1 aliphatic carbocycles. The van der Waals surface area contributed by atoms with Crippen LogP contribution in [0.5, 0.6) is 0 Å². The van der Waals surface area contributed by atoms with Gasteiger partial charge in [0, 0.05) is 5.92 Å². The average molecular weight is 246 g/mol. The Labute approximate surface area is 115 Å². The first-order valence-electron chi connectivity index (χ1n) is 6.82. The SMILES string of the molecule is CC1=CCC(C(c2ccccc2)c2ccccc2)=C1. The van der Waals surface area contributed by atoms with Crippen molar-refractivity contribution in [2.24, 2.45) is 0 Å². The molecule has 0 saturated heterocycles. The molecule has 0 aliphatic heterocycles. The summed E-state index contributed by atoms with van der Waals surface area (Å²) in [5.41, 5.74) is 5.63. The normalized spacial score (nSPS) is 14.4. The Morgan fingerprint density at radius 1 is 0.789 bits per heavy atom. The molecule has 94 valence electrons. The van der Waals surface area contributed by atoms with Gasteiger partial charge >= 0.3 is 0 Å². The van der Waals surface area contributed by atoms with Gasteiger partial charge in [-0.15, -0.1) is 0 Å². The fourth-order valence-electron chi connectivity index (χ4n) is 2.80. The minimum atomic E-state index is 0.385. The third-order valence-corrected chi connectivity index (χ3v) is 3.71. The molecule has 0 heteroatoms. The molecule has 0 unspecified atom stereocenters. The predicted molar refractivity (Wildman–Crippen MR) is 81.2 cm³/mol. The quantitative estimate of drug-likeness (QED) is 0.707. The lowest BCUT2D eigenvalue weighted by atomic mass is 9.84. The van der Waals surface area contributed by atoms with Crippen molar-refractivity contribution in [1.82, 2.24) is 0 Å². The Morgan fingerprint density at radius 2 is 1.32 bits per heavy atom. The van der Waals surface area contributed by atoms with E-state index in [2.05, 4.69) is 79.7 Å². The number of benzene rings is 2. The van der Waals surface area contributed by atoms with Crippen LogP contribution in [0.2, 0.25) is 0 Å².